The van der Waals surface area contributed by atoms with Gasteiger partial charge in [0.25, 0.3) is 0 Å². The lowest BCUT2D eigenvalue weighted by Gasteiger charge is -2.19. The molecule has 110 valence electrons. The fourth-order valence-electron chi connectivity index (χ4n) is 2.35. The van der Waals surface area contributed by atoms with E-state index in [9.17, 15) is 4.79 Å². The van der Waals surface area contributed by atoms with Gasteiger partial charge in [0.05, 0.1) is 0 Å². The van der Waals surface area contributed by atoms with Crippen LogP contribution in [0.15, 0.2) is 12.3 Å². The number of nitrogens with zero attached hydrogens (tertiary/aromatic N) is 2. The normalized spacial score (nSPS) is 19.2. The van der Waals surface area contributed by atoms with Gasteiger partial charge in [-0.3, -0.25) is 0 Å². The third-order valence-corrected chi connectivity index (χ3v) is 3.58. The molecule has 2 aliphatic rings. The summed E-state index contributed by atoms with van der Waals surface area (Å²) in [6.07, 6.45) is 6.45. The van der Waals surface area contributed by atoms with E-state index in [1.807, 2.05) is 20.8 Å². The largest absolute Gasteiger partial charge is 0.473 e. The number of hydrogen-bond donors (Lipinski definition) is 0. The van der Waals surface area contributed by atoms with Gasteiger partial charge in [-0.15, -0.1) is 5.10 Å². The highest BCUT2D eigenvalue weighted by atomic mass is 16.6. The second-order valence-electron chi connectivity index (χ2n) is 6.84. The van der Waals surface area contributed by atoms with Crippen molar-refractivity contribution in [2.45, 2.75) is 58.2 Å². The molecule has 0 spiro atoms. The molecule has 20 heavy (non-hydrogen) atoms. The van der Waals surface area contributed by atoms with Crippen LogP contribution in [-0.2, 0) is 4.74 Å². The molecule has 0 aliphatic heterocycles. The zero-order chi connectivity index (χ0) is 14.3. The summed E-state index contributed by atoms with van der Waals surface area (Å²) in [5.41, 5.74) is -0.519. The molecule has 2 aliphatic carbocycles. The number of hydrogen-bond acceptors (Lipinski definition) is 4. The summed E-state index contributed by atoms with van der Waals surface area (Å²) in [5, 5.41) is 4.17. The molecule has 2 saturated carbocycles. The van der Waals surface area contributed by atoms with Crippen molar-refractivity contribution < 1.29 is 14.3 Å². The monoisotopic (exact) mass is 278 g/mol. The Morgan fingerprint density at radius 1 is 1.30 bits per heavy atom. The molecule has 1 aromatic rings. The SMILES string of the molecule is CC(C)(C)OC(=O)n1ccc(OC(C2CC2)C2CC2)n1. The zero-order valence-corrected chi connectivity index (χ0v) is 12.3. The molecule has 0 unspecified atom stereocenters. The Labute approximate surface area is 119 Å². The molecule has 5 heteroatoms. The lowest BCUT2D eigenvalue weighted by Crippen LogP contribution is -2.27. The Morgan fingerprint density at radius 3 is 2.40 bits per heavy atom. The van der Waals surface area contributed by atoms with Crippen molar-refractivity contribution in [2.75, 3.05) is 0 Å². The van der Waals surface area contributed by atoms with Crippen LogP contribution in [0.5, 0.6) is 5.88 Å². The standard InChI is InChI=1S/C15H22N2O3/c1-15(2,3)20-14(18)17-9-8-12(16-17)19-13(10-4-5-10)11-6-7-11/h8-11,13H,4-7H2,1-3H3. The van der Waals surface area contributed by atoms with Crippen molar-refractivity contribution in [3.05, 3.63) is 12.3 Å². The van der Waals surface area contributed by atoms with Crippen LogP contribution in [0.3, 0.4) is 0 Å². The van der Waals surface area contributed by atoms with Gasteiger partial charge in [-0.25, -0.2) is 4.79 Å². The van der Waals surface area contributed by atoms with E-state index in [0.717, 1.165) is 0 Å². The van der Waals surface area contributed by atoms with Crippen molar-refractivity contribution in [3.8, 4) is 5.88 Å². The van der Waals surface area contributed by atoms with Crippen LogP contribution in [0.25, 0.3) is 0 Å². The van der Waals surface area contributed by atoms with E-state index in [1.165, 1.54) is 30.4 Å². The maximum absolute atomic E-state index is 11.9. The molecule has 1 heterocycles. The first kappa shape index (κ1) is 13.5. The van der Waals surface area contributed by atoms with Gasteiger partial charge in [0, 0.05) is 12.3 Å². The molecule has 1 aromatic heterocycles. The Balaban J connectivity index is 1.62. The third kappa shape index (κ3) is 3.32. The molecule has 0 atom stereocenters. The molecule has 0 aromatic carbocycles. The Hall–Kier alpha value is -1.52. The van der Waals surface area contributed by atoms with E-state index in [1.54, 1.807) is 12.3 Å². The van der Waals surface area contributed by atoms with Crippen LogP contribution in [0.1, 0.15) is 46.5 Å². The minimum Gasteiger partial charge on any atom is -0.473 e. The van der Waals surface area contributed by atoms with Crippen molar-refractivity contribution in [3.63, 3.8) is 0 Å². The van der Waals surface area contributed by atoms with E-state index in [2.05, 4.69) is 5.10 Å². The molecule has 0 saturated heterocycles. The van der Waals surface area contributed by atoms with Gasteiger partial charge >= 0.3 is 6.09 Å². The van der Waals surface area contributed by atoms with Crippen LogP contribution < -0.4 is 4.74 Å². The van der Waals surface area contributed by atoms with Gasteiger partial charge in [-0.1, -0.05) is 0 Å². The highest BCUT2D eigenvalue weighted by molar-refractivity contribution is 5.69. The van der Waals surface area contributed by atoms with Crippen molar-refractivity contribution >= 4 is 6.09 Å². The van der Waals surface area contributed by atoms with Gasteiger partial charge in [0.2, 0.25) is 5.88 Å². The first-order valence-electron chi connectivity index (χ1n) is 7.38. The molecule has 5 nitrogen and oxygen atoms in total. The van der Waals surface area contributed by atoms with Crippen molar-refractivity contribution in [1.82, 2.24) is 9.78 Å². The highest BCUT2D eigenvalue weighted by Gasteiger charge is 2.43. The average molecular weight is 278 g/mol. The molecule has 0 radical (unpaired) electrons. The van der Waals surface area contributed by atoms with Gasteiger partial charge in [0.15, 0.2) is 0 Å². The maximum Gasteiger partial charge on any atom is 0.435 e. The zero-order valence-electron chi connectivity index (χ0n) is 12.3. The van der Waals surface area contributed by atoms with Crippen LogP contribution in [-0.4, -0.2) is 27.6 Å². The summed E-state index contributed by atoms with van der Waals surface area (Å²) in [4.78, 5) is 11.9. The highest BCUT2D eigenvalue weighted by Crippen LogP contribution is 2.46. The van der Waals surface area contributed by atoms with Gasteiger partial charge in [0.1, 0.15) is 11.7 Å². The molecule has 3 rings (SSSR count). The summed E-state index contributed by atoms with van der Waals surface area (Å²) < 4.78 is 12.5. The summed E-state index contributed by atoms with van der Waals surface area (Å²) in [6.45, 7) is 5.51. The average Bonchev–Trinajstić information content (AvgIpc) is 3.24. The summed E-state index contributed by atoms with van der Waals surface area (Å²) in [6, 6.07) is 1.74. The van der Waals surface area contributed by atoms with E-state index in [0.29, 0.717) is 17.7 Å². The van der Waals surface area contributed by atoms with Crippen LogP contribution >= 0.6 is 0 Å². The van der Waals surface area contributed by atoms with E-state index in [4.69, 9.17) is 9.47 Å². The van der Waals surface area contributed by atoms with E-state index in [-0.39, 0.29) is 6.10 Å². The molecule has 0 N–H and O–H groups in total. The second-order valence-corrected chi connectivity index (χ2v) is 6.84. The molecular weight excluding hydrogens is 256 g/mol. The third-order valence-electron chi connectivity index (χ3n) is 3.58. The van der Waals surface area contributed by atoms with Crippen molar-refractivity contribution in [2.24, 2.45) is 11.8 Å². The fraction of sp³-hybridized carbons (Fsp3) is 0.733. The molecule has 0 bridgehead atoms. The summed E-state index contributed by atoms with van der Waals surface area (Å²) in [5.74, 6) is 1.91. The lowest BCUT2D eigenvalue weighted by atomic mass is 10.1. The summed E-state index contributed by atoms with van der Waals surface area (Å²) >= 11 is 0. The van der Waals surface area contributed by atoms with Crippen molar-refractivity contribution in [1.29, 1.82) is 0 Å². The quantitative estimate of drug-likeness (QED) is 0.848. The minimum absolute atomic E-state index is 0.289. The van der Waals surface area contributed by atoms with E-state index >= 15 is 0 Å². The number of carbonyl (C=O) groups is 1. The Bertz CT molecular complexity index is 483. The fourth-order valence-corrected chi connectivity index (χ4v) is 2.35. The van der Waals surface area contributed by atoms with E-state index < -0.39 is 11.7 Å². The second kappa shape index (κ2) is 4.79. The van der Waals surface area contributed by atoms with Gasteiger partial charge in [-0.05, 0) is 58.3 Å². The summed E-state index contributed by atoms with van der Waals surface area (Å²) in [7, 11) is 0. The number of rotatable bonds is 4. The first-order chi connectivity index (χ1) is 9.42. The lowest BCUT2D eigenvalue weighted by molar-refractivity contribution is 0.0508. The predicted octanol–water partition coefficient (Wildman–Crippen LogP) is 3.23. The first-order valence-corrected chi connectivity index (χ1v) is 7.38. The molecule has 2 fully saturated rings. The van der Waals surface area contributed by atoms with Crippen LogP contribution in [0.4, 0.5) is 4.79 Å². The topological polar surface area (TPSA) is 53.4 Å². The van der Waals surface area contributed by atoms with Gasteiger partial charge in [-0.2, -0.15) is 4.68 Å². The number of aromatic nitrogens is 2. The smallest absolute Gasteiger partial charge is 0.435 e. The predicted molar refractivity (Wildman–Crippen MR) is 73.7 cm³/mol. The molecule has 0 amide bonds. The number of ether oxygens (including phenoxy) is 2. The Kier molecular flexibility index (Phi) is 3.22. The maximum atomic E-state index is 11.9. The van der Waals surface area contributed by atoms with Crippen LogP contribution in [0.2, 0.25) is 0 Å². The minimum atomic E-state index is -0.519. The van der Waals surface area contributed by atoms with Gasteiger partial charge < -0.3 is 9.47 Å². The number of carbonyl (C=O) groups excluding carboxylic acids is 1. The Morgan fingerprint density at radius 2 is 1.90 bits per heavy atom. The molecular formula is C15H22N2O3. The van der Waals surface area contributed by atoms with Crippen LogP contribution in [0, 0.1) is 11.8 Å².